The molecule has 2 N–H and O–H groups in total. The number of aldehydes is 1. The van der Waals surface area contributed by atoms with Crippen LogP contribution in [0.25, 0.3) is 0 Å². The average molecular weight is 271 g/mol. The summed E-state index contributed by atoms with van der Waals surface area (Å²) in [5.74, 6) is 0.221. The monoisotopic (exact) mass is 271 g/mol. The molecule has 0 aromatic rings. The van der Waals surface area contributed by atoms with E-state index in [0.29, 0.717) is 6.61 Å². The van der Waals surface area contributed by atoms with E-state index in [1.165, 1.54) is 0 Å². The van der Waals surface area contributed by atoms with E-state index in [4.69, 9.17) is 9.84 Å². The third-order valence-corrected chi connectivity index (χ3v) is 3.66. The minimum absolute atomic E-state index is 0.221. The number of carboxylic acid groups (broad SMARTS) is 1. The van der Waals surface area contributed by atoms with Crippen LogP contribution in [0.15, 0.2) is 0 Å². The molecule has 0 radical (unpaired) electrons. The molecular formula is C14H25NO4. The molecule has 0 saturated heterocycles. The molecule has 19 heavy (non-hydrogen) atoms. The highest BCUT2D eigenvalue weighted by Crippen LogP contribution is 2.25. The number of ether oxygens (including phenoxy) is 1. The fraction of sp³-hybridized carbons (Fsp3) is 0.857. The molecule has 0 heterocycles. The highest BCUT2D eigenvalue weighted by molar-refractivity contribution is 5.65. The fourth-order valence-electron chi connectivity index (χ4n) is 2.51. The number of rotatable bonds is 7. The van der Waals surface area contributed by atoms with Crippen LogP contribution < -0.4 is 5.32 Å². The Kier molecular flexibility index (Phi) is 6.28. The normalized spacial score (nSPS) is 23.9. The fourth-order valence-corrected chi connectivity index (χ4v) is 2.51. The second-order valence-electron chi connectivity index (χ2n) is 5.96. The molecule has 110 valence electrons. The largest absolute Gasteiger partial charge is 0.465 e. The van der Waals surface area contributed by atoms with Gasteiger partial charge in [-0.15, -0.1) is 0 Å². The number of amides is 1. The van der Waals surface area contributed by atoms with Gasteiger partial charge in [0.15, 0.2) is 0 Å². The molecule has 0 spiro atoms. The average Bonchev–Trinajstić information content (AvgIpc) is 2.34. The van der Waals surface area contributed by atoms with Crippen LogP contribution in [0.2, 0.25) is 0 Å². The molecule has 1 rings (SSSR count). The molecule has 1 fully saturated rings. The molecule has 0 aliphatic heterocycles. The Hall–Kier alpha value is -1.10. The molecular weight excluding hydrogens is 246 g/mol. The van der Waals surface area contributed by atoms with Crippen LogP contribution in [0.1, 0.15) is 52.4 Å². The van der Waals surface area contributed by atoms with Crippen LogP contribution in [0.5, 0.6) is 0 Å². The third-order valence-electron chi connectivity index (χ3n) is 3.66. The van der Waals surface area contributed by atoms with Gasteiger partial charge in [0.05, 0.1) is 6.10 Å². The van der Waals surface area contributed by atoms with Crippen molar-refractivity contribution in [1.29, 1.82) is 0 Å². The molecule has 0 bridgehead atoms. The molecule has 5 heteroatoms. The summed E-state index contributed by atoms with van der Waals surface area (Å²) in [7, 11) is 0. The molecule has 0 atom stereocenters. The summed E-state index contributed by atoms with van der Waals surface area (Å²) in [6.45, 7) is 4.40. The van der Waals surface area contributed by atoms with Crippen LogP contribution in [-0.2, 0) is 9.53 Å². The van der Waals surface area contributed by atoms with Crippen molar-refractivity contribution >= 4 is 12.4 Å². The lowest BCUT2D eigenvalue weighted by Crippen LogP contribution is -2.42. The second-order valence-corrected chi connectivity index (χ2v) is 5.96. The molecule has 0 aromatic carbocycles. The molecule has 1 amide bonds. The van der Waals surface area contributed by atoms with Crippen LogP contribution in [-0.4, -0.2) is 35.7 Å². The van der Waals surface area contributed by atoms with E-state index in [9.17, 15) is 9.59 Å². The Morgan fingerprint density at radius 1 is 1.37 bits per heavy atom. The number of hydrogen-bond donors (Lipinski definition) is 2. The summed E-state index contributed by atoms with van der Waals surface area (Å²) >= 11 is 0. The highest BCUT2D eigenvalue weighted by atomic mass is 16.5. The van der Waals surface area contributed by atoms with Gasteiger partial charge in [-0.1, -0.05) is 0 Å². The van der Waals surface area contributed by atoms with Gasteiger partial charge < -0.3 is 20.0 Å². The van der Waals surface area contributed by atoms with Gasteiger partial charge in [0.1, 0.15) is 6.29 Å². The van der Waals surface area contributed by atoms with Crippen molar-refractivity contribution in [3.8, 4) is 0 Å². The third kappa shape index (κ3) is 6.57. The van der Waals surface area contributed by atoms with E-state index in [2.05, 4.69) is 5.32 Å². The Balaban J connectivity index is 2.11. The van der Waals surface area contributed by atoms with Crippen LogP contribution in [0.3, 0.4) is 0 Å². The zero-order valence-corrected chi connectivity index (χ0v) is 11.9. The van der Waals surface area contributed by atoms with Gasteiger partial charge in [0.2, 0.25) is 0 Å². The maximum atomic E-state index is 10.6. The molecule has 0 aromatic heterocycles. The lowest BCUT2D eigenvalue weighted by atomic mass is 9.88. The van der Waals surface area contributed by atoms with Crippen molar-refractivity contribution in [2.24, 2.45) is 5.92 Å². The van der Waals surface area contributed by atoms with Crippen molar-refractivity contribution in [1.82, 2.24) is 5.32 Å². The van der Waals surface area contributed by atoms with Crippen molar-refractivity contribution in [2.75, 3.05) is 6.61 Å². The Morgan fingerprint density at radius 2 is 2.00 bits per heavy atom. The summed E-state index contributed by atoms with van der Waals surface area (Å²) in [6.07, 6.45) is 5.70. The minimum Gasteiger partial charge on any atom is -0.465 e. The van der Waals surface area contributed by atoms with Gasteiger partial charge in [-0.05, 0) is 52.4 Å². The lowest BCUT2D eigenvalue weighted by Gasteiger charge is -2.27. The first-order chi connectivity index (χ1) is 8.93. The summed E-state index contributed by atoms with van der Waals surface area (Å²) in [5.41, 5.74) is -0.412. The van der Waals surface area contributed by atoms with Gasteiger partial charge in [-0.2, -0.15) is 0 Å². The van der Waals surface area contributed by atoms with E-state index in [1.807, 2.05) is 13.8 Å². The van der Waals surface area contributed by atoms with Gasteiger partial charge in [0.25, 0.3) is 0 Å². The predicted molar refractivity (Wildman–Crippen MR) is 72.2 cm³/mol. The van der Waals surface area contributed by atoms with Gasteiger partial charge in [-0.25, -0.2) is 4.79 Å². The lowest BCUT2D eigenvalue weighted by molar-refractivity contribution is -0.112. The molecule has 1 aliphatic carbocycles. The van der Waals surface area contributed by atoms with Crippen LogP contribution >= 0.6 is 0 Å². The van der Waals surface area contributed by atoms with Crippen molar-refractivity contribution in [2.45, 2.75) is 64.0 Å². The first-order valence-corrected chi connectivity index (χ1v) is 7.01. The van der Waals surface area contributed by atoms with E-state index in [1.54, 1.807) is 0 Å². The summed E-state index contributed by atoms with van der Waals surface area (Å²) in [5, 5.41) is 11.2. The zero-order chi connectivity index (χ0) is 14.3. The van der Waals surface area contributed by atoms with Crippen LogP contribution in [0.4, 0.5) is 4.79 Å². The number of hydrogen-bond acceptors (Lipinski definition) is 3. The van der Waals surface area contributed by atoms with Crippen molar-refractivity contribution < 1.29 is 19.4 Å². The van der Waals surface area contributed by atoms with E-state index >= 15 is 0 Å². The SMILES string of the molecule is CC(C)(CCCOC1CCC(C=O)CC1)NC(=O)O. The number of nitrogens with one attached hydrogen (secondary N) is 1. The maximum Gasteiger partial charge on any atom is 0.405 e. The van der Waals surface area contributed by atoms with Gasteiger partial charge in [0, 0.05) is 18.1 Å². The van der Waals surface area contributed by atoms with Crippen LogP contribution in [0, 0.1) is 5.92 Å². The molecule has 1 aliphatic rings. The van der Waals surface area contributed by atoms with Gasteiger partial charge in [-0.3, -0.25) is 0 Å². The quantitative estimate of drug-likeness (QED) is 0.551. The van der Waals surface area contributed by atoms with Gasteiger partial charge >= 0.3 is 6.09 Å². The predicted octanol–water partition coefficient (Wildman–Crippen LogP) is 2.59. The summed E-state index contributed by atoms with van der Waals surface area (Å²) in [4.78, 5) is 21.2. The smallest absolute Gasteiger partial charge is 0.405 e. The molecule has 1 saturated carbocycles. The number of carbonyl (C=O) groups excluding carboxylic acids is 1. The Morgan fingerprint density at radius 3 is 2.53 bits per heavy atom. The first-order valence-electron chi connectivity index (χ1n) is 7.01. The number of carbonyl (C=O) groups is 2. The summed E-state index contributed by atoms with van der Waals surface area (Å²) in [6, 6.07) is 0. The van der Waals surface area contributed by atoms with Crippen molar-refractivity contribution in [3.05, 3.63) is 0 Å². The molecule has 0 unspecified atom stereocenters. The van der Waals surface area contributed by atoms with E-state index < -0.39 is 11.6 Å². The van der Waals surface area contributed by atoms with E-state index in [-0.39, 0.29) is 12.0 Å². The van der Waals surface area contributed by atoms with E-state index in [0.717, 1.165) is 44.8 Å². The Labute approximate surface area is 114 Å². The second kappa shape index (κ2) is 7.48. The molecule has 5 nitrogen and oxygen atoms in total. The highest BCUT2D eigenvalue weighted by Gasteiger charge is 2.22. The minimum atomic E-state index is -0.988. The first kappa shape index (κ1) is 16.0. The Bertz CT molecular complexity index is 296. The maximum absolute atomic E-state index is 10.6. The van der Waals surface area contributed by atoms with Crippen molar-refractivity contribution in [3.63, 3.8) is 0 Å². The summed E-state index contributed by atoms with van der Waals surface area (Å²) < 4.78 is 5.79. The topological polar surface area (TPSA) is 75.6 Å². The zero-order valence-electron chi connectivity index (χ0n) is 11.9. The standard InChI is InChI=1S/C14H25NO4/c1-14(2,15-13(17)18)8-3-9-19-12-6-4-11(10-16)5-7-12/h10-12,15H,3-9H2,1-2H3,(H,17,18).